The van der Waals surface area contributed by atoms with Gasteiger partial charge in [0.05, 0.1) is 17.6 Å². The maximum Gasteiger partial charge on any atom is 0.229 e. The van der Waals surface area contributed by atoms with Crippen molar-refractivity contribution >= 4 is 5.91 Å². The van der Waals surface area contributed by atoms with Gasteiger partial charge in [-0.2, -0.15) is 0 Å². The predicted octanol–water partition coefficient (Wildman–Crippen LogP) is -0.635. The van der Waals surface area contributed by atoms with Crippen molar-refractivity contribution in [3.8, 4) is 0 Å². The fourth-order valence-electron chi connectivity index (χ4n) is 2.66. The van der Waals surface area contributed by atoms with Crippen molar-refractivity contribution < 1.29 is 9.90 Å². The van der Waals surface area contributed by atoms with Gasteiger partial charge in [-0.05, 0) is 26.2 Å². The highest BCUT2D eigenvalue weighted by atomic mass is 16.3. The molecule has 0 aromatic heterocycles. The lowest BCUT2D eigenvalue weighted by atomic mass is 9.62. The van der Waals surface area contributed by atoms with Crippen LogP contribution in [0, 0.1) is 5.41 Å². The zero-order chi connectivity index (χ0) is 9.69. The summed E-state index contributed by atoms with van der Waals surface area (Å²) in [6.07, 6.45) is 2.43. The van der Waals surface area contributed by atoms with E-state index in [9.17, 15) is 9.90 Å². The van der Waals surface area contributed by atoms with E-state index in [4.69, 9.17) is 5.73 Å². The minimum Gasteiger partial charge on any atom is -0.394 e. The van der Waals surface area contributed by atoms with E-state index in [1.54, 1.807) is 0 Å². The van der Waals surface area contributed by atoms with Gasteiger partial charge in [-0.3, -0.25) is 4.79 Å². The highest BCUT2D eigenvalue weighted by molar-refractivity contribution is 5.92. The lowest BCUT2D eigenvalue weighted by Gasteiger charge is -2.54. The molecule has 4 N–H and O–H groups in total. The molecule has 4 heteroatoms. The molecule has 1 heterocycles. The Labute approximate surface area is 77.5 Å². The molecular formula is C9H16N2O2. The SMILES string of the molecule is CC1(CO)NC(=O)C12CCC(N)C2. The van der Waals surface area contributed by atoms with Crippen molar-refractivity contribution in [2.24, 2.45) is 11.1 Å². The highest BCUT2D eigenvalue weighted by Gasteiger charge is 2.64. The molecule has 0 bridgehead atoms. The quantitative estimate of drug-likeness (QED) is 0.475. The number of aliphatic hydroxyl groups excluding tert-OH is 1. The van der Waals surface area contributed by atoms with Gasteiger partial charge < -0.3 is 16.2 Å². The summed E-state index contributed by atoms with van der Waals surface area (Å²) in [6.45, 7) is 1.90. The van der Waals surface area contributed by atoms with Crippen LogP contribution in [0.2, 0.25) is 0 Å². The third kappa shape index (κ3) is 0.901. The number of amides is 1. The van der Waals surface area contributed by atoms with E-state index in [0.717, 1.165) is 19.3 Å². The average molecular weight is 184 g/mol. The maximum atomic E-state index is 11.5. The van der Waals surface area contributed by atoms with Gasteiger partial charge in [0.25, 0.3) is 0 Å². The van der Waals surface area contributed by atoms with Gasteiger partial charge in [-0.15, -0.1) is 0 Å². The molecule has 4 nitrogen and oxygen atoms in total. The van der Waals surface area contributed by atoms with Crippen LogP contribution in [-0.4, -0.2) is 29.2 Å². The second kappa shape index (κ2) is 2.45. The third-order valence-corrected chi connectivity index (χ3v) is 3.75. The van der Waals surface area contributed by atoms with Crippen molar-refractivity contribution in [3.63, 3.8) is 0 Å². The fourth-order valence-corrected chi connectivity index (χ4v) is 2.66. The van der Waals surface area contributed by atoms with E-state index in [2.05, 4.69) is 5.32 Å². The zero-order valence-electron chi connectivity index (χ0n) is 7.84. The van der Waals surface area contributed by atoms with E-state index in [1.165, 1.54) is 0 Å². The Kier molecular flexibility index (Phi) is 1.69. The number of aliphatic hydroxyl groups is 1. The van der Waals surface area contributed by atoms with Crippen LogP contribution in [0.1, 0.15) is 26.2 Å². The number of carbonyl (C=O) groups is 1. The molecule has 1 spiro atoms. The van der Waals surface area contributed by atoms with Crippen LogP contribution in [0.25, 0.3) is 0 Å². The van der Waals surface area contributed by atoms with Gasteiger partial charge in [-0.1, -0.05) is 0 Å². The number of nitrogens with two attached hydrogens (primary N) is 1. The molecule has 1 aliphatic carbocycles. The lowest BCUT2D eigenvalue weighted by Crippen LogP contribution is -2.76. The van der Waals surface area contributed by atoms with Crippen LogP contribution in [0.5, 0.6) is 0 Å². The number of nitrogens with one attached hydrogen (secondary N) is 1. The minimum atomic E-state index is -0.432. The summed E-state index contributed by atoms with van der Waals surface area (Å²) in [5, 5.41) is 12.0. The Morgan fingerprint density at radius 3 is 2.85 bits per heavy atom. The second-order valence-electron chi connectivity index (χ2n) is 4.53. The van der Waals surface area contributed by atoms with E-state index >= 15 is 0 Å². The first-order chi connectivity index (χ1) is 6.04. The molecule has 0 radical (unpaired) electrons. The first-order valence-corrected chi connectivity index (χ1v) is 4.73. The normalized spacial score (nSPS) is 49.2. The summed E-state index contributed by atoms with van der Waals surface area (Å²) in [6, 6.07) is 0.122. The van der Waals surface area contributed by atoms with Crippen molar-refractivity contribution in [2.45, 2.75) is 37.8 Å². The van der Waals surface area contributed by atoms with E-state index < -0.39 is 5.54 Å². The number of hydrogen-bond acceptors (Lipinski definition) is 3. The van der Waals surface area contributed by atoms with Crippen molar-refractivity contribution in [2.75, 3.05) is 6.61 Å². The Hall–Kier alpha value is -0.610. The molecule has 0 aromatic carbocycles. The average Bonchev–Trinajstić information content (AvgIpc) is 2.50. The standard InChI is InChI=1S/C9H16N2O2/c1-8(5-12)9(7(13)11-8)3-2-6(10)4-9/h6,12H,2-5,10H2,1H3,(H,11,13). The molecule has 1 saturated carbocycles. The fraction of sp³-hybridized carbons (Fsp3) is 0.889. The van der Waals surface area contributed by atoms with Crippen LogP contribution in [-0.2, 0) is 4.79 Å². The molecule has 2 rings (SSSR count). The first-order valence-electron chi connectivity index (χ1n) is 4.73. The maximum absolute atomic E-state index is 11.5. The number of β-lactam (4-membered cyclic amide) rings is 1. The molecule has 1 aliphatic heterocycles. The van der Waals surface area contributed by atoms with Crippen LogP contribution in [0.15, 0.2) is 0 Å². The van der Waals surface area contributed by atoms with Crippen LogP contribution in [0.4, 0.5) is 0 Å². The van der Waals surface area contributed by atoms with Crippen LogP contribution in [0.3, 0.4) is 0 Å². The van der Waals surface area contributed by atoms with Gasteiger partial charge in [-0.25, -0.2) is 0 Å². The van der Waals surface area contributed by atoms with Crippen LogP contribution >= 0.6 is 0 Å². The monoisotopic (exact) mass is 184 g/mol. The molecule has 3 atom stereocenters. The summed E-state index contributed by atoms with van der Waals surface area (Å²) in [4.78, 5) is 11.5. The molecular weight excluding hydrogens is 168 g/mol. The topological polar surface area (TPSA) is 75.3 Å². The molecule has 3 unspecified atom stereocenters. The summed E-state index contributed by atoms with van der Waals surface area (Å²) in [5.74, 6) is 0.0667. The third-order valence-electron chi connectivity index (χ3n) is 3.75. The van der Waals surface area contributed by atoms with Crippen molar-refractivity contribution in [1.82, 2.24) is 5.32 Å². The highest BCUT2D eigenvalue weighted by Crippen LogP contribution is 2.51. The number of rotatable bonds is 1. The molecule has 2 aliphatic rings. The van der Waals surface area contributed by atoms with Crippen molar-refractivity contribution in [3.05, 3.63) is 0 Å². The summed E-state index contributed by atoms with van der Waals surface area (Å²) in [5.41, 5.74) is 4.99. The summed E-state index contributed by atoms with van der Waals surface area (Å²) in [7, 11) is 0. The van der Waals surface area contributed by atoms with Gasteiger partial charge in [0.2, 0.25) is 5.91 Å². The van der Waals surface area contributed by atoms with E-state index in [-0.39, 0.29) is 24.0 Å². The van der Waals surface area contributed by atoms with Gasteiger partial charge >= 0.3 is 0 Å². The van der Waals surface area contributed by atoms with E-state index in [1.807, 2.05) is 6.92 Å². The minimum absolute atomic E-state index is 0.00542. The predicted molar refractivity (Wildman–Crippen MR) is 47.9 cm³/mol. The van der Waals surface area contributed by atoms with Crippen LogP contribution < -0.4 is 11.1 Å². The molecule has 1 saturated heterocycles. The lowest BCUT2D eigenvalue weighted by molar-refractivity contribution is -0.158. The van der Waals surface area contributed by atoms with E-state index in [0.29, 0.717) is 0 Å². The van der Waals surface area contributed by atoms with Gasteiger partial charge in [0, 0.05) is 6.04 Å². The summed E-state index contributed by atoms with van der Waals surface area (Å²) < 4.78 is 0. The van der Waals surface area contributed by atoms with Crippen molar-refractivity contribution in [1.29, 1.82) is 0 Å². The zero-order valence-corrected chi connectivity index (χ0v) is 7.84. The Morgan fingerprint density at radius 1 is 1.77 bits per heavy atom. The number of hydrogen-bond donors (Lipinski definition) is 3. The van der Waals surface area contributed by atoms with Gasteiger partial charge in [0.1, 0.15) is 0 Å². The Bertz CT molecular complexity index is 256. The molecule has 0 aromatic rings. The first kappa shape index (κ1) is 8.97. The number of carbonyl (C=O) groups excluding carboxylic acids is 1. The molecule has 2 fully saturated rings. The largest absolute Gasteiger partial charge is 0.394 e. The Morgan fingerprint density at radius 2 is 2.46 bits per heavy atom. The molecule has 13 heavy (non-hydrogen) atoms. The molecule has 1 amide bonds. The van der Waals surface area contributed by atoms with Gasteiger partial charge in [0.15, 0.2) is 0 Å². The second-order valence-corrected chi connectivity index (χ2v) is 4.53. The smallest absolute Gasteiger partial charge is 0.229 e. The molecule has 74 valence electrons. The summed E-state index contributed by atoms with van der Waals surface area (Å²) >= 11 is 0. The Balaban J connectivity index is 2.25.